The lowest BCUT2D eigenvalue weighted by molar-refractivity contribution is -0.138. The Bertz CT molecular complexity index is 494. The van der Waals surface area contributed by atoms with Gasteiger partial charge in [0.05, 0.1) is 24.4 Å². The van der Waals surface area contributed by atoms with Crippen LogP contribution in [0.5, 0.6) is 0 Å². The molecule has 2 fully saturated rings. The molecule has 3 unspecified atom stereocenters. The van der Waals surface area contributed by atoms with Gasteiger partial charge in [0.1, 0.15) is 0 Å². The summed E-state index contributed by atoms with van der Waals surface area (Å²) in [5.41, 5.74) is 6.62. The van der Waals surface area contributed by atoms with Gasteiger partial charge in [0.15, 0.2) is 5.78 Å². The summed E-state index contributed by atoms with van der Waals surface area (Å²) < 4.78 is 13.0. The van der Waals surface area contributed by atoms with Crippen molar-refractivity contribution in [3.63, 3.8) is 0 Å². The summed E-state index contributed by atoms with van der Waals surface area (Å²) in [6, 6.07) is -0.592. The first kappa shape index (κ1) is 13.7. The fourth-order valence-corrected chi connectivity index (χ4v) is 3.15. The van der Waals surface area contributed by atoms with Crippen molar-refractivity contribution in [2.45, 2.75) is 30.9 Å². The molecule has 0 saturated carbocycles. The number of carbonyl (C=O) groups is 1. The molecule has 0 aliphatic carbocycles. The minimum absolute atomic E-state index is 0.0411. The zero-order chi connectivity index (χ0) is 14.2. The van der Waals surface area contributed by atoms with Gasteiger partial charge in [0.25, 0.3) is 0 Å². The zero-order valence-corrected chi connectivity index (χ0v) is 11.7. The number of hydrogen-bond acceptors (Lipinski definition) is 5. The van der Waals surface area contributed by atoms with Gasteiger partial charge in [-0.1, -0.05) is 0 Å². The van der Waals surface area contributed by atoms with Crippen LogP contribution in [0.15, 0.2) is 12.4 Å². The number of hydrogen-bond donors (Lipinski definition) is 1. The molecular formula is C14H21N3O3. The Balaban J connectivity index is 1.70. The average molecular weight is 279 g/mol. The van der Waals surface area contributed by atoms with Crippen LogP contribution in [0.4, 0.5) is 0 Å². The van der Waals surface area contributed by atoms with Crippen molar-refractivity contribution < 1.29 is 14.3 Å². The van der Waals surface area contributed by atoms with Crippen LogP contribution in [0.2, 0.25) is 0 Å². The first-order valence-corrected chi connectivity index (χ1v) is 7.09. The summed E-state index contributed by atoms with van der Waals surface area (Å²) in [4.78, 5) is 12.6. The number of Topliss-reactive ketones (excluding diaryl/α,β-unsaturated/α-hetero) is 1. The van der Waals surface area contributed by atoms with E-state index in [9.17, 15) is 4.79 Å². The summed E-state index contributed by atoms with van der Waals surface area (Å²) in [6.45, 7) is 1.92. The topological polar surface area (TPSA) is 79.4 Å². The number of nitrogens with zero attached hydrogens (tertiary/aromatic N) is 2. The third-order valence-electron chi connectivity index (χ3n) is 4.35. The maximum absolute atomic E-state index is 12.6. The highest BCUT2D eigenvalue weighted by Gasteiger charge is 2.43. The number of ether oxygens (including phenoxy) is 2. The molecule has 110 valence electrons. The predicted molar refractivity (Wildman–Crippen MR) is 72.0 cm³/mol. The van der Waals surface area contributed by atoms with Crippen molar-refractivity contribution in [1.82, 2.24) is 9.78 Å². The first-order valence-electron chi connectivity index (χ1n) is 7.09. The van der Waals surface area contributed by atoms with Gasteiger partial charge in [-0.15, -0.1) is 0 Å². The van der Waals surface area contributed by atoms with E-state index in [1.54, 1.807) is 17.1 Å². The Hall–Kier alpha value is -1.24. The molecule has 3 atom stereocenters. The summed E-state index contributed by atoms with van der Waals surface area (Å²) in [5.74, 6) is 0.0493. The van der Waals surface area contributed by atoms with Crippen LogP contribution in [0, 0.1) is 5.92 Å². The molecule has 2 N–H and O–H groups in total. The van der Waals surface area contributed by atoms with Gasteiger partial charge in [-0.2, -0.15) is 5.10 Å². The minimum atomic E-state index is -0.592. The van der Waals surface area contributed by atoms with Gasteiger partial charge in [-0.25, -0.2) is 0 Å². The van der Waals surface area contributed by atoms with Crippen LogP contribution in [0.3, 0.4) is 0 Å². The number of aryl methyl sites for hydroxylation is 1. The number of carbonyl (C=O) groups excluding carboxylic acids is 1. The molecule has 0 amide bonds. The van der Waals surface area contributed by atoms with E-state index >= 15 is 0 Å². The monoisotopic (exact) mass is 279 g/mol. The van der Waals surface area contributed by atoms with Crippen LogP contribution in [0.1, 0.15) is 30.9 Å². The zero-order valence-electron chi connectivity index (χ0n) is 11.7. The van der Waals surface area contributed by atoms with Crippen LogP contribution in [-0.4, -0.2) is 41.0 Å². The van der Waals surface area contributed by atoms with Gasteiger partial charge < -0.3 is 15.2 Å². The van der Waals surface area contributed by atoms with Gasteiger partial charge >= 0.3 is 0 Å². The second kappa shape index (κ2) is 5.27. The second-order valence-corrected chi connectivity index (χ2v) is 5.85. The number of nitrogens with two attached hydrogens (primary N) is 1. The molecule has 1 aromatic rings. The Morgan fingerprint density at radius 3 is 3.10 bits per heavy atom. The third kappa shape index (κ3) is 2.51. The molecule has 2 aliphatic rings. The highest BCUT2D eigenvalue weighted by Crippen LogP contribution is 2.37. The van der Waals surface area contributed by atoms with E-state index in [0.717, 1.165) is 31.4 Å². The molecule has 2 saturated heterocycles. The summed E-state index contributed by atoms with van der Waals surface area (Å²) in [7, 11) is 1.82. The Morgan fingerprint density at radius 2 is 2.45 bits per heavy atom. The Labute approximate surface area is 118 Å². The molecule has 0 aromatic carbocycles. The molecule has 0 bridgehead atoms. The van der Waals surface area contributed by atoms with Gasteiger partial charge in [0.2, 0.25) is 0 Å². The fourth-order valence-electron chi connectivity index (χ4n) is 3.15. The van der Waals surface area contributed by atoms with Crippen molar-refractivity contribution in [2.75, 3.05) is 19.8 Å². The maximum atomic E-state index is 12.6. The van der Waals surface area contributed by atoms with Crippen LogP contribution in [0.25, 0.3) is 0 Å². The van der Waals surface area contributed by atoms with E-state index in [-0.39, 0.29) is 17.3 Å². The van der Waals surface area contributed by atoms with Crippen molar-refractivity contribution >= 4 is 5.78 Å². The third-order valence-corrected chi connectivity index (χ3v) is 4.35. The van der Waals surface area contributed by atoms with E-state index in [2.05, 4.69) is 5.10 Å². The van der Waals surface area contributed by atoms with Gasteiger partial charge in [-0.3, -0.25) is 9.48 Å². The number of ketones is 1. The molecule has 1 aromatic heterocycles. The Morgan fingerprint density at radius 1 is 1.60 bits per heavy atom. The molecule has 2 aliphatic heterocycles. The normalized spacial score (nSPS) is 31.6. The molecule has 3 rings (SSSR count). The smallest absolute Gasteiger partial charge is 0.157 e. The maximum Gasteiger partial charge on any atom is 0.157 e. The minimum Gasteiger partial charge on any atom is -0.378 e. The van der Waals surface area contributed by atoms with E-state index in [1.807, 2.05) is 7.05 Å². The molecular weight excluding hydrogens is 258 g/mol. The lowest BCUT2D eigenvalue weighted by Gasteiger charge is -2.37. The number of rotatable bonds is 3. The predicted octanol–water partition coefficient (Wildman–Crippen LogP) is 0.575. The first-order chi connectivity index (χ1) is 9.60. The standard InChI is InChI=1S/C14H21N3O3/c1-17-8-11(7-16-17)12(15)13(18)10-2-4-20-14(6-10)3-5-19-9-14/h7-8,10,12H,2-6,9,15H2,1H3. The van der Waals surface area contributed by atoms with Crippen molar-refractivity contribution in [1.29, 1.82) is 0 Å². The van der Waals surface area contributed by atoms with Gasteiger partial charge in [0, 0.05) is 44.4 Å². The highest BCUT2D eigenvalue weighted by molar-refractivity contribution is 5.87. The number of aromatic nitrogens is 2. The van der Waals surface area contributed by atoms with E-state index < -0.39 is 6.04 Å². The lowest BCUT2D eigenvalue weighted by Crippen LogP contribution is -2.44. The second-order valence-electron chi connectivity index (χ2n) is 5.85. The summed E-state index contributed by atoms with van der Waals surface area (Å²) >= 11 is 0. The van der Waals surface area contributed by atoms with E-state index in [4.69, 9.17) is 15.2 Å². The van der Waals surface area contributed by atoms with E-state index in [1.165, 1.54) is 0 Å². The lowest BCUT2D eigenvalue weighted by atomic mass is 9.80. The quantitative estimate of drug-likeness (QED) is 0.875. The largest absolute Gasteiger partial charge is 0.378 e. The summed E-state index contributed by atoms with van der Waals surface area (Å²) in [5, 5.41) is 4.08. The molecule has 6 heteroatoms. The Kier molecular flexibility index (Phi) is 3.62. The fraction of sp³-hybridized carbons (Fsp3) is 0.714. The van der Waals surface area contributed by atoms with Gasteiger partial charge in [-0.05, 0) is 12.8 Å². The van der Waals surface area contributed by atoms with Crippen LogP contribution < -0.4 is 5.73 Å². The van der Waals surface area contributed by atoms with Crippen LogP contribution in [-0.2, 0) is 21.3 Å². The average Bonchev–Trinajstić information content (AvgIpc) is 3.07. The van der Waals surface area contributed by atoms with Crippen molar-refractivity contribution in [2.24, 2.45) is 18.7 Å². The molecule has 1 spiro atoms. The SMILES string of the molecule is Cn1cc(C(N)C(=O)C2CCOC3(CCOC3)C2)cn1. The molecule has 0 radical (unpaired) electrons. The van der Waals surface area contributed by atoms with Crippen molar-refractivity contribution in [3.05, 3.63) is 18.0 Å². The summed E-state index contributed by atoms with van der Waals surface area (Å²) in [6.07, 6.45) is 5.81. The molecule has 3 heterocycles. The molecule has 6 nitrogen and oxygen atoms in total. The van der Waals surface area contributed by atoms with Crippen LogP contribution >= 0.6 is 0 Å². The molecule has 20 heavy (non-hydrogen) atoms. The van der Waals surface area contributed by atoms with Crippen molar-refractivity contribution in [3.8, 4) is 0 Å². The van der Waals surface area contributed by atoms with E-state index in [0.29, 0.717) is 13.2 Å². The highest BCUT2D eigenvalue weighted by atomic mass is 16.6.